The van der Waals surface area contributed by atoms with Crippen LogP contribution in [0.5, 0.6) is 0 Å². The zero-order valence-corrected chi connectivity index (χ0v) is 14.1. The Balaban J connectivity index is 1.48. The summed E-state index contributed by atoms with van der Waals surface area (Å²) in [7, 11) is 0. The van der Waals surface area contributed by atoms with Crippen LogP contribution in [-0.2, 0) is 4.79 Å². The van der Waals surface area contributed by atoms with Gasteiger partial charge in [0.25, 0.3) is 5.91 Å². The van der Waals surface area contributed by atoms with Gasteiger partial charge in [-0.2, -0.15) is 0 Å². The van der Waals surface area contributed by atoms with Crippen LogP contribution in [0.4, 0.5) is 0 Å². The van der Waals surface area contributed by atoms with E-state index < -0.39 is 0 Å². The average molecular weight is 344 g/mol. The molecule has 0 aliphatic carbocycles. The van der Waals surface area contributed by atoms with Crippen LogP contribution >= 0.6 is 11.3 Å². The molecule has 1 saturated heterocycles. The van der Waals surface area contributed by atoms with Crippen LogP contribution in [0.1, 0.15) is 28.3 Å². The highest BCUT2D eigenvalue weighted by atomic mass is 32.1. The minimum Gasteiger partial charge on any atom is -0.459 e. The first-order valence-corrected chi connectivity index (χ1v) is 8.92. The quantitative estimate of drug-likeness (QED) is 0.848. The van der Waals surface area contributed by atoms with Gasteiger partial charge < -0.3 is 14.6 Å². The Labute approximate surface area is 145 Å². The molecule has 2 aromatic heterocycles. The lowest BCUT2D eigenvalue weighted by Crippen LogP contribution is -2.43. The molecule has 2 amide bonds. The van der Waals surface area contributed by atoms with Crippen LogP contribution in [0.2, 0.25) is 0 Å². The van der Waals surface area contributed by atoms with Gasteiger partial charge in [0.2, 0.25) is 5.91 Å². The second kappa shape index (κ2) is 7.97. The van der Waals surface area contributed by atoms with Gasteiger partial charge in [0.1, 0.15) is 0 Å². The van der Waals surface area contributed by atoms with E-state index in [0.29, 0.717) is 18.8 Å². The molecule has 0 spiro atoms. The summed E-state index contributed by atoms with van der Waals surface area (Å²) in [4.78, 5) is 27.1. The molecule has 1 aliphatic rings. The molecule has 24 heavy (non-hydrogen) atoms. The lowest BCUT2D eigenvalue weighted by Gasteiger charge is -2.32. The van der Waals surface area contributed by atoms with Gasteiger partial charge >= 0.3 is 0 Å². The molecule has 0 aromatic carbocycles. The summed E-state index contributed by atoms with van der Waals surface area (Å²) >= 11 is 1.61. The summed E-state index contributed by atoms with van der Waals surface area (Å²) in [5.74, 6) is 0.417. The van der Waals surface area contributed by atoms with Gasteiger partial charge in [0.05, 0.1) is 6.26 Å². The third-order valence-electron chi connectivity index (χ3n) is 4.06. The molecule has 0 bridgehead atoms. The Kier molecular flexibility index (Phi) is 5.48. The van der Waals surface area contributed by atoms with Crippen molar-refractivity contribution in [3.8, 4) is 0 Å². The van der Waals surface area contributed by atoms with Gasteiger partial charge in [-0.1, -0.05) is 6.07 Å². The van der Waals surface area contributed by atoms with Crippen molar-refractivity contribution in [2.24, 2.45) is 5.92 Å². The average Bonchev–Trinajstić information content (AvgIpc) is 3.31. The van der Waals surface area contributed by atoms with Crippen molar-refractivity contribution in [1.82, 2.24) is 10.2 Å². The molecule has 5 nitrogen and oxygen atoms in total. The fraction of sp³-hybridized carbons (Fsp3) is 0.333. The number of rotatable bonds is 5. The van der Waals surface area contributed by atoms with Gasteiger partial charge in [-0.3, -0.25) is 9.59 Å². The number of carbonyl (C=O) groups excluding carboxylic acids is 2. The molecule has 3 heterocycles. The third kappa shape index (κ3) is 4.35. The minimum absolute atomic E-state index is 0.0328. The lowest BCUT2D eigenvalue weighted by molar-refractivity contribution is -0.127. The Hall–Kier alpha value is -2.34. The maximum atomic E-state index is 12.3. The third-order valence-corrected chi connectivity index (χ3v) is 4.90. The summed E-state index contributed by atoms with van der Waals surface area (Å²) < 4.78 is 5.08. The van der Waals surface area contributed by atoms with E-state index in [9.17, 15) is 9.59 Å². The summed E-state index contributed by atoms with van der Waals surface area (Å²) in [5.41, 5.74) is 0. The van der Waals surface area contributed by atoms with Crippen molar-refractivity contribution < 1.29 is 14.0 Å². The van der Waals surface area contributed by atoms with Crippen LogP contribution in [0.25, 0.3) is 6.08 Å². The molecule has 3 rings (SSSR count). The highest BCUT2D eigenvalue weighted by molar-refractivity contribution is 7.10. The second-order valence-electron chi connectivity index (χ2n) is 5.83. The van der Waals surface area contributed by atoms with Crippen LogP contribution in [0.3, 0.4) is 0 Å². The highest BCUT2D eigenvalue weighted by Gasteiger charge is 2.23. The lowest BCUT2D eigenvalue weighted by atomic mass is 9.98. The van der Waals surface area contributed by atoms with E-state index in [2.05, 4.69) is 5.32 Å². The van der Waals surface area contributed by atoms with Crippen LogP contribution in [0, 0.1) is 5.92 Å². The maximum absolute atomic E-state index is 12.3. The molecule has 1 aliphatic heterocycles. The largest absolute Gasteiger partial charge is 0.459 e. The predicted molar refractivity (Wildman–Crippen MR) is 93.7 cm³/mol. The number of likely N-dealkylation sites (tertiary alicyclic amines) is 1. The van der Waals surface area contributed by atoms with E-state index in [1.807, 2.05) is 28.5 Å². The first kappa shape index (κ1) is 16.5. The molecule has 1 N–H and O–H groups in total. The van der Waals surface area contributed by atoms with E-state index in [0.717, 1.165) is 24.3 Å². The summed E-state index contributed by atoms with van der Waals surface area (Å²) in [5, 5.41) is 4.87. The number of furan rings is 1. The Morgan fingerprint density at radius 3 is 3.04 bits per heavy atom. The van der Waals surface area contributed by atoms with Crippen molar-refractivity contribution >= 4 is 29.2 Å². The van der Waals surface area contributed by atoms with Crippen molar-refractivity contribution in [2.45, 2.75) is 12.8 Å². The molecular formula is C18H20N2O3S. The van der Waals surface area contributed by atoms with Gasteiger partial charge in [-0.05, 0) is 48.4 Å². The van der Waals surface area contributed by atoms with Crippen molar-refractivity contribution in [2.75, 3.05) is 19.6 Å². The van der Waals surface area contributed by atoms with Gasteiger partial charge in [0, 0.05) is 30.6 Å². The van der Waals surface area contributed by atoms with E-state index in [4.69, 9.17) is 4.42 Å². The van der Waals surface area contributed by atoms with E-state index in [1.165, 1.54) is 6.26 Å². The zero-order chi connectivity index (χ0) is 16.8. The second-order valence-corrected chi connectivity index (χ2v) is 6.81. The maximum Gasteiger partial charge on any atom is 0.286 e. The number of amides is 2. The number of nitrogens with one attached hydrogen (secondary N) is 1. The minimum atomic E-state index is -0.207. The molecular weight excluding hydrogens is 324 g/mol. The van der Waals surface area contributed by atoms with E-state index >= 15 is 0 Å². The number of piperidine rings is 1. The fourth-order valence-electron chi connectivity index (χ4n) is 2.81. The first-order chi connectivity index (χ1) is 11.7. The summed E-state index contributed by atoms with van der Waals surface area (Å²) in [6, 6.07) is 7.28. The summed E-state index contributed by atoms with van der Waals surface area (Å²) in [6.07, 6.45) is 6.94. The van der Waals surface area contributed by atoms with Crippen LogP contribution in [-0.4, -0.2) is 36.3 Å². The SMILES string of the molecule is O=C(NC[C@H]1CCCN(C(=O)/C=C/c2cccs2)C1)c1ccco1. The monoisotopic (exact) mass is 344 g/mol. The molecule has 1 atom stereocenters. The van der Waals surface area contributed by atoms with Gasteiger partial charge in [-0.15, -0.1) is 11.3 Å². The predicted octanol–water partition coefficient (Wildman–Crippen LogP) is 3.02. The first-order valence-electron chi connectivity index (χ1n) is 8.04. The van der Waals surface area contributed by atoms with Crippen molar-refractivity contribution in [3.05, 3.63) is 52.6 Å². The molecule has 0 unspecified atom stereocenters. The number of carbonyl (C=O) groups is 2. The Morgan fingerprint density at radius 2 is 2.29 bits per heavy atom. The molecule has 0 saturated carbocycles. The number of thiophene rings is 1. The normalized spacial score (nSPS) is 18.0. The van der Waals surface area contributed by atoms with Crippen LogP contribution < -0.4 is 5.32 Å². The number of hydrogen-bond acceptors (Lipinski definition) is 4. The topological polar surface area (TPSA) is 62.6 Å². The number of hydrogen-bond donors (Lipinski definition) is 1. The Morgan fingerprint density at radius 1 is 1.38 bits per heavy atom. The summed E-state index contributed by atoms with van der Waals surface area (Å²) in [6.45, 7) is 2.00. The van der Waals surface area contributed by atoms with E-state index in [1.54, 1.807) is 29.5 Å². The van der Waals surface area contributed by atoms with Crippen LogP contribution in [0.15, 0.2) is 46.4 Å². The highest BCUT2D eigenvalue weighted by Crippen LogP contribution is 2.17. The standard InChI is InChI=1S/C18H20N2O3S/c21-17(8-7-15-5-3-11-24-15)20-9-1-4-14(13-20)12-19-18(22)16-6-2-10-23-16/h2-3,5-8,10-11,14H,1,4,9,12-13H2,(H,19,22)/b8-7+/t14-/m1/s1. The van der Waals surface area contributed by atoms with Crippen molar-refractivity contribution in [3.63, 3.8) is 0 Å². The smallest absolute Gasteiger partial charge is 0.286 e. The molecule has 2 aromatic rings. The Bertz CT molecular complexity index is 692. The number of nitrogens with zero attached hydrogens (tertiary/aromatic N) is 1. The molecule has 0 radical (unpaired) electrons. The molecule has 1 fully saturated rings. The fourth-order valence-corrected chi connectivity index (χ4v) is 3.43. The van der Waals surface area contributed by atoms with E-state index in [-0.39, 0.29) is 17.7 Å². The van der Waals surface area contributed by atoms with Gasteiger partial charge in [0.15, 0.2) is 5.76 Å². The molecule has 6 heteroatoms. The zero-order valence-electron chi connectivity index (χ0n) is 13.3. The van der Waals surface area contributed by atoms with Gasteiger partial charge in [-0.25, -0.2) is 0 Å². The van der Waals surface area contributed by atoms with Crippen molar-refractivity contribution in [1.29, 1.82) is 0 Å². The molecule has 126 valence electrons.